The molecule has 0 radical (unpaired) electrons. The topological polar surface area (TPSA) is 26.3 Å². The van der Waals surface area contributed by atoms with Crippen LogP contribution in [-0.2, 0) is 9.53 Å². The van der Waals surface area contributed by atoms with Crippen molar-refractivity contribution < 1.29 is 9.53 Å². The Labute approximate surface area is 171 Å². The summed E-state index contributed by atoms with van der Waals surface area (Å²) in [5.74, 6) is -0.0000527. The van der Waals surface area contributed by atoms with Gasteiger partial charge in [0.25, 0.3) is 0 Å². The quantitative estimate of drug-likeness (QED) is 0.138. The van der Waals surface area contributed by atoms with E-state index in [0.717, 1.165) is 25.7 Å². The lowest BCUT2D eigenvalue weighted by Crippen LogP contribution is -2.05. The Morgan fingerprint density at radius 1 is 0.481 bits per heavy atom. The van der Waals surface area contributed by atoms with Crippen LogP contribution in [0.1, 0.15) is 149 Å². The molecule has 27 heavy (non-hydrogen) atoms. The summed E-state index contributed by atoms with van der Waals surface area (Å²) < 4.78 is 5.27. The fourth-order valence-corrected chi connectivity index (χ4v) is 3.60. The van der Waals surface area contributed by atoms with Crippen molar-refractivity contribution in [3.05, 3.63) is 0 Å². The number of esters is 1. The zero-order valence-corrected chi connectivity index (χ0v) is 18.9. The summed E-state index contributed by atoms with van der Waals surface area (Å²) in [7, 11) is 0. The average molecular weight is 383 g/mol. The summed E-state index contributed by atoms with van der Waals surface area (Å²) in [5.41, 5.74) is 0. The minimum absolute atomic E-state index is 0.0000527. The highest BCUT2D eigenvalue weighted by atomic mass is 16.5. The van der Waals surface area contributed by atoms with Crippen LogP contribution in [0.2, 0.25) is 0 Å². The van der Waals surface area contributed by atoms with E-state index < -0.39 is 0 Å². The monoisotopic (exact) mass is 382 g/mol. The summed E-state index contributed by atoms with van der Waals surface area (Å²) in [4.78, 5) is 11.5. The molecule has 2 heteroatoms. The SMILES string of the molecule is CCCCCCCCCCCCCCCCCCCOC(=O)CCCCC. The van der Waals surface area contributed by atoms with Gasteiger partial charge in [-0.2, -0.15) is 0 Å². The minimum atomic E-state index is -0.0000527. The highest BCUT2D eigenvalue weighted by Gasteiger charge is 2.01. The van der Waals surface area contributed by atoms with Crippen LogP contribution in [0.25, 0.3) is 0 Å². The average Bonchev–Trinajstić information content (AvgIpc) is 2.67. The molecular weight excluding hydrogens is 332 g/mol. The molecule has 0 aromatic heterocycles. The first-order chi connectivity index (χ1) is 13.3. The lowest BCUT2D eigenvalue weighted by atomic mass is 10.0. The number of hydrogen-bond donors (Lipinski definition) is 0. The number of unbranched alkanes of at least 4 members (excludes halogenated alkanes) is 18. The summed E-state index contributed by atoms with van der Waals surface area (Å²) in [6, 6.07) is 0. The van der Waals surface area contributed by atoms with Gasteiger partial charge in [-0.3, -0.25) is 4.79 Å². The number of ether oxygens (including phenoxy) is 1. The van der Waals surface area contributed by atoms with Crippen LogP contribution in [0.15, 0.2) is 0 Å². The Morgan fingerprint density at radius 3 is 1.22 bits per heavy atom. The highest BCUT2D eigenvalue weighted by Crippen LogP contribution is 2.14. The van der Waals surface area contributed by atoms with Crippen molar-refractivity contribution in [3.8, 4) is 0 Å². The lowest BCUT2D eigenvalue weighted by molar-refractivity contribution is -0.143. The maximum absolute atomic E-state index is 11.5. The molecule has 0 saturated carbocycles. The second-order valence-corrected chi connectivity index (χ2v) is 8.33. The zero-order chi connectivity index (χ0) is 19.8. The Kier molecular flexibility index (Phi) is 23.0. The van der Waals surface area contributed by atoms with Crippen LogP contribution < -0.4 is 0 Å². The maximum Gasteiger partial charge on any atom is 0.305 e. The van der Waals surface area contributed by atoms with Crippen LogP contribution in [0.3, 0.4) is 0 Å². The van der Waals surface area contributed by atoms with Gasteiger partial charge in [-0.25, -0.2) is 0 Å². The molecule has 0 spiro atoms. The summed E-state index contributed by atoms with van der Waals surface area (Å²) in [6.07, 6.45) is 27.4. The van der Waals surface area contributed by atoms with Gasteiger partial charge in [0.1, 0.15) is 0 Å². The predicted molar refractivity (Wildman–Crippen MR) is 119 cm³/mol. The molecule has 0 aliphatic rings. The van der Waals surface area contributed by atoms with E-state index in [1.807, 2.05) is 0 Å². The van der Waals surface area contributed by atoms with E-state index in [1.54, 1.807) is 0 Å². The molecule has 162 valence electrons. The normalized spacial score (nSPS) is 11.0. The van der Waals surface area contributed by atoms with E-state index in [0.29, 0.717) is 13.0 Å². The fraction of sp³-hybridized carbons (Fsp3) is 0.960. The first-order valence-electron chi connectivity index (χ1n) is 12.5. The molecule has 0 heterocycles. The van der Waals surface area contributed by atoms with Crippen LogP contribution in [0.5, 0.6) is 0 Å². The van der Waals surface area contributed by atoms with Crippen molar-refractivity contribution in [1.82, 2.24) is 0 Å². The zero-order valence-electron chi connectivity index (χ0n) is 18.9. The fourth-order valence-electron chi connectivity index (χ4n) is 3.60. The smallest absolute Gasteiger partial charge is 0.305 e. The van der Waals surface area contributed by atoms with Gasteiger partial charge >= 0.3 is 5.97 Å². The molecule has 0 aromatic carbocycles. The molecule has 0 rings (SSSR count). The highest BCUT2D eigenvalue weighted by molar-refractivity contribution is 5.69. The van der Waals surface area contributed by atoms with E-state index >= 15 is 0 Å². The molecule has 0 amide bonds. The Hall–Kier alpha value is -0.530. The predicted octanol–water partition coefficient (Wildman–Crippen LogP) is 8.76. The molecule has 0 aliphatic heterocycles. The van der Waals surface area contributed by atoms with Gasteiger partial charge in [0.05, 0.1) is 6.61 Å². The van der Waals surface area contributed by atoms with Gasteiger partial charge in [-0.05, 0) is 12.8 Å². The number of carbonyl (C=O) groups is 1. The number of carbonyl (C=O) groups excluding carboxylic acids is 1. The standard InChI is InChI=1S/C25H50O2/c1-3-5-7-8-9-10-11-12-13-14-15-16-17-18-19-20-22-24-27-25(26)23-21-6-4-2/h3-24H2,1-2H3. The van der Waals surface area contributed by atoms with Crippen molar-refractivity contribution in [2.24, 2.45) is 0 Å². The summed E-state index contributed by atoms with van der Waals surface area (Å²) in [5, 5.41) is 0. The molecule has 0 fully saturated rings. The maximum atomic E-state index is 11.5. The van der Waals surface area contributed by atoms with Gasteiger partial charge in [0, 0.05) is 6.42 Å². The summed E-state index contributed by atoms with van der Waals surface area (Å²) >= 11 is 0. The molecule has 0 N–H and O–H groups in total. The third-order valence-electron chi connectivity index (χ3n) is 5.50. The van der Waals surface area contributed by atoms with Crippen molar-refractivity contribution in [2.45, 2.75) is 149 Å². The van der Waals surface area contributed by atoms with Crippen molar-refractivity contribution in [2.75, 3.05) is 6.61 Å². The Morgan fingerprint density at radius 2 is 0.815 bits per heavy atom. The molecule has 0 atom stereocenters. The van der Waals surface area contributed by atoms with Gasteiger partial charge in [-0.1, -0.05) is 129 Å². The van der Waals surface area contributed by atoms with E-state index in [2.05, 4.69) is 13.8 Å². The van der Waals surface area contributed by atoms with E-state index in [1.165, 1.54) is 103 Å². The molecular formula is C25H50O2. The van der Waals surface area contributed by atoms with Crippen LogP contribution >= 0.6 is 0 Å². The second-order valence-electron chi connectivity index (χ2n) is 8.33. The molecule has 2 nitrogen and oxygen atoms in total. The lowest BCUT2D eigenvalue weighted by Gasteiger charge is -2.05. The molecule has 0 aromatic rings. The van der Waals surface area contributed by atoms with Gasteiger partial charge in [-0.15, -0.1) is 0 Å². The first kappa shape index (κ1) is 26.5. The largest absolute Gasteiger partial charge is 0.466 e. The minimum Gasteiger partial charge on any atom is -0.466 e. The van der Waals surface area contributed by atoms with Crippen LogP contribution in [-0.4, -0.2) is 12.6 Å². The molecule has 0 saturated heterocycles. The second kappa shape index (κ2) is 23.5. The van der Waals surface area contributed by atoms with Crippen LogP contribution in [0.4, 0.5) is 0 Å². The third-order valence-corrected chi connectivity index (χ3v) is 5.50. The van der Waals surface area contributed by atoms with Gasteiger partial charge < -0.3 is 4.74 Å². The van der Waals surface area contributed by atoms with E-state index in [9.17, 15) is 4.79 Å². The first-order valence-corrected chi connectivity index (χ1v) is 12.5. The third kappa shape index (κ3) is 23.4. The van der Waals surface area contributed by atoms with Gasteiger partial charge in [0.15, 0.2) is 0 Å². The van der Waals surface area contributed by atoms with Crippen molar-refractivity contribution in [3.63, 3.8) is 0 Å². The van der Waals surface area contributed by atoms with Gasteiger partial charge in [0.2, 0.25) is 0 Å². The molecule has 0 bridgehead atoms. The van der Waals surface area contributed by atoms with E-state index in [4.69, 9.17) is 4.74 Å². The molecule has 0 unspecified atom stereocenters. The number of rotatable bonds is 22. The number of hydrogen-bond acceptors (Lipinski definition) is 2. The Bertz CT molecular complexity index is 288. The van der Waals surface area contributed by atoms with E-state index in [-0.39, 0.29) is 5.97 Å². The van der Waals surface area contributed by atoms with Crippen molar-refractivity contribution in [1.29, 1.82) is 0 Å². The summed E-state index contributed by atoms with van der Waals surface area (Å²) in [6.45, 7) is 5.07. The van der Waals surface area contributed by atoms with Crippen LogP contribution in [0, 0.1) is 0 Å². The molecule has 0 aliphatic carbocycles. The van der Waals surface area contributed by atoms with Crippen molar-refractivity contribution >= 4 is 5.97 Å². The Balaban J connectivity index is 3.06.